The number of hydrogen-bond acceptors (Lipinski definition) is 1. The van der Waals surface area contributed by atoms with Crippen LogP contribution in [0, 0.1) is 5.92 Å². The minimum atomic E-state index is 0.673. The minimum absolute atomic E-state index is 0.673. The number of nitrogens with one attached hydrogen (secondary N) is 1. The first-order valence-electron chi connectivity index (χ1n) is 6.34. The summed E-state index contributed by atoms with van der Waals surface area (Å²) in [5.41, 5.74) is 1.28. The fourth-order valence-electron chi connectivity index (χ4n) is 2.53. The lowest BCUT2D eigenvalue weighted by molar-refractivity contribution is 0.279. The van der Waals surface area contributed by atoms with Gasteiger partial charge in [0.25, 0.3) is 0 Å². The molecule has 1 nitrogen and oxygen atoms in total. The Balaban J connectivity index is 1.92. The van der Waals surface area contributed by atoms with Crippen molar-refractivity contribution in [1.29, 1.82) is 0 Å². The summed E-state index contributed by atoms with van der Waals surface area (Å²) in [6.45, 7) is 3.28. The molecule has 2 atom stereocenters. The predicted octanol–water partition coefficient (Wildman–Crippen LogP) is 4.77. The van der Waals surface area contributed by atoms with Crippen LogP contribution >= 0.6 is 27.5 Å². The van der Waals surface area contributed by atoms with Gasteiger partial charge in [0.2, 0.25) is 0 Å². The Morgan fingerprint density at radius 3 is 2.82 bits per heavy atom. The molecule has 0 radical (unpaired) electrons. The van der Waals surface area contributed by atoms with Gasteiger partial charge in [-0.3, -0.25) is 0 Å². The topological polar surface area (TPSA) is 12.0 Å². The van der Waals surface area contributed by atoms with Gasteiger partial charge >= 0.3 is 0 Å². The van der Waals surface area contributed by atoms with Crippen LogP contribution in [0.15, 0.2) is 22.7 Å². The maximum Gasteiger partial charge on any atom is 0.0417 e. The van der Waals surface area contributed by atoms with Gasteiger partial charge in [-0.15, -0.1) is 0 Å². The standard InChI is InChI=1S/C14H19BrClN/c1-10-4-2-3-5-14(10)17-9-11-6-7-12(16)8-13(11)15/h6-8,10,14,17H,2-5,9H2,1H3. The number of halogens is 2. The van der Waals surface area contributed by atoms with Crippen LogP contribution in [0.25, 0.3) is 0 Å². The summed E-state index contributed by atoms with van der Waals surface area (Å²) in [5, 5.41) is 4.46. The van der Waals surface area contributed by atoms with Crippen molar-refractivity contribution in [1.82, 2.24) is 5.32 Å². The molecule has 3 heteroatoms. The SMILES string of the molecule is CC1CCCCC1NCc1ccc(Cl)cc1Br. The van der Waals surface area contributed by atoms with E-state index in [4.69, 9.17) is 11.6 Å². The van der Waals surface area contributed by atoms with E-state index in [-0.39, 0.29) is 0 Å². The van der Waals surface area contributed by atoms with Gasteiger partial charge in [0, 0.05) is 22.1 Å². The zero-order chi connectivity index (χ0) is 12.3. The first-order chi connectivity index (χ1) is 8.16. The van der Waals surface area contributed by atoms with Crippen molar-refractivity contribution in [3.05, 3.63) is 33.3 Å². The summed E-state index contributed by atoms with van der Waals surface area (Å²) < 4.78 is 1.10. The zero-order valence-electron chi connectivity index (χ0n) is 10.2. The molecule has 2 rings (SSSR count). The molecule has 1 aliphatic rings. The quantitative estimate of drug-likeness (QED) is 0.847. The second kappa shape index (κ2) is 6.21. The van der Waals surface area contributed by atoms with Crippen LogP contribution in [0.5, 0.6) is 0 Å². The van der Waals surface area contributed by atoms with E-state index in [0.29, 0.717) is 6.04 Å². The summed E-state index contributed by atoms with van der Waals surface area (Å²) >= 11 is 9.50. The van der Waals surface area contributed by atoms with E-state index < -0.39 is 0 Å². The normalized spacial score (nSPS) is 24.9. The van der Waals surface area contributed by atoms with E-state index in [1.54, 1.807) is 0 Å². The molecule has 0 amide bonds. The lowest BCUT2D eigenvalue weighted by Crippen LogP contribution is -2.36. The first-order valence-corrected chi connectivity index (χ1v) is 7.51. The minimum Gasteiger partial charge on any atom is -0.310 e. The highest BCUT2D eigenvalue weighted by Crippen LogP contribution is 2.25. The van der Waals surface area contributed by atoms with Gasteiger partial charge in [-0.25, -0.2) is 0 Å². The average molecular weight is 317 g/mol. The molecule has 0 bridgehead atoms. The Morgan fingerprint density at radius 2 is 2.12 bits per heavy atom. The number of rotatable bonds is 3. The van der Waals surface area contributed by atoms with Crippen molar-refractivity contribution in [3.63, 3.8) is 0 Å². The average Bonchev–Trinajstić information content (AvgIpc) is 2.30. The van der Waals surface area contributed by atoms with E-state index in [2.05, 4.69) is 34.2 Å². The van der Waals surface area contributed by atoms with Gasteiger partial charge < -0.3 is 5.32 Å². The largest absolute Gasteiger partial charge is 0.310 e. The molecule has 0 heterocycles. The highest BCUT2D eigenvalue weighted by Gasteiger charge is 2.20. The third-order valence-electron chi connectivity index (χ3n) is 3.68. The van der Waals surface area contributed by atoms with Gasteiger partial charge in [0.15, 0.2) is 0 Å². The van der Waals surface area contributed by atoms with Crippen molar-refractivity contribution >= 4 is 27.5 Å². The summed E-state index contributed by atoms with van der Waals surface area (Å²) in [5.74, 6) is 0.801. The lowest BCUT2D eigenvalue weighted by Gasteiger charge is -2.29. The van der Waals surface area contributed by atoms with Crippen LogP contribution < -0.4 is 5.32 Å². The van der Waals surface area contributed by atoms with Crippen molar-refractivity contribution < 1.29 is 0 Å². The molecular weight excluding hydrogens is 298 g/mol. The van der Waals surface area contributed by atoms with E-state index in [0.717, 1.165) is 22.0 Å². The zero-order valence-corrected chi connectivity index (χ0v) is 12.5. The maximum atomic E-state index is 5.94. The van der Waals surface area contributed by atoms with Gasteiger partial charge in [-0.1, -0.05) is 53.4 Å². The van der Waals surface area contributed by atoms with Crippen molar-refractivity contribution in [2.45, 2.75) is 45.2 Å². The monoisotopic (exact) mass is 315 g/mol. The van der Waals surface area contributed by atoms with Crippen LogP contribution in [0.3, 0.4) is 0 Å². The fraction of sp³-hybridized carbons (Fsp3) is 0.571. The summed E-state index contributed by atoms with van der Waals surface area (Å²) in [6.07, 6.45) is 5.43. The summed E-state index contributed by atoms with van der Waals surface area (Å²) in [4.78, 5) is 0. The van der Waals surface area contributed by atoms with Crippen molar-refractivity contribution in [2.75, 3.05) is 0 Å². The van der Waals surface area contributed by atoms with Crippen molar-refractivity contribution in [2.24, 2.45) is 5.92 Å². The Kier molecular flexibility index (Phi) is 4.89. The summed E-state index contributed by atoms with van der Waals surface area (Å²) in [7, 11) is 0. The smallest absolute Gasteiger partial charge is 0.0417 e. The first kappa shape index (κ1) is 13.4. The molecule has 1 aromatic rings. The summed E-state index contributed by atoms with van der Waals surface area (Å²) in [6, 6.07) is 6.68. The highest BCUT2D eigenvalue weighted by molar-refractivity contribution is 9.10. The Hall–Kier alpha value is -0.0500. The Morgan fingerprint density at radius 1 is 1.35 bits per heavy atom. The van der Waals surface area contributed by atoms with Crippen LogP contribution in [-0.4, -0.2) is 6.04 Å². The highest BCUT2D eigenvalue weighted by atomic mass is 79.9. The molecule has 1 aromatic carbocycles. The van der Waals surface area contributed by atoms with Crippen LogP contribution in [-0.2, 0) is 6.54 Å². The third kappa shape index (κ3) is 3.70. The molecule has 17 heavy (non-hydrogen) atoms. The molecule has 0 saturated heterocycles. The third-order valence-corrected chi connectivity index (χ3v) is 4.65. The molecule has 0 spiro atoms. The second-order valence-corrected chi connectivity index (χ2v) is 6.28. The van der Waals surface area contributed by atoms with E-state index >= 15 is 0 Å². The van der Waals surface area contributed by atoms with E-state index in [9.17, 15) is 0 Å². The van der Waals surface area contributed by atoms with Gasteiger partial charge in [-0.05, 0) is 36.5 Å². The van der Waals surface area contributed by atoms with Crippen molar-refractivity contribution in [3.8, 4) is 0 Å². The number of hydrogen-bond donors (Lipinski definition) is 1. The number of benzene rings is 1. The second-order valence-electron chi connectivity index (χ2n) is 4.98. The van der Waals surface area contributed by atoms with Gasteiger partial charge in [0.1, 0.15) is 0 Å². The molecule has 1 saturated carbocycles. The van der Waals surface area contributed by atoms with E-state index in [1.807, 2.05) is 12.1 Å². The Bertz CT molecular complexity index is 380. The van der Waals surface area contributed by atoms with Crippen LogP contribution in [0.4, 0.5) is 0 Å². The maximum absolute atomic E-state index is 5.94. The van der Waals surface area contributed by atoms with Crippen LogP contribution in [0.1, 0.15) is 38.2 Å². The van der Waals surface area contributed by atoms with E-state index in [1.165, 1.54) is 31.2 Å². The Labute approximate surface area is 117 Å². The molecule has 2 unspecified atom stereocenters. The predicted molar refractivity (Wildman–Crippen MR) is 77.4 cm³/mol. The molecule has 0 aliphatic heterocycles. The molecular formula is C14H19BrClN. The van der Waals surface area contributed by atoms with Crippen LogP contribution in [0.2, 0.25) is 5.02 Å². The molecule has 94 valence electrons. The van der Waals surface area contributed by atoms with Gasteiger partial charge in [0.05, 0.1) is 0 Å². The molecule has 1 fully saturated rings. The lowest BCUT2D eigenvalue weighted by atomic mass is 9.86. The fourth-order valence-corrected chi connectivity index (χ4v) is 3.35. The molecule has 1 aliphatic carbocycles. The molecule has 0 aromatic heterocycles. The van der Waals surface area contributed by atoms with Gasteiger partial charge in [-0.2, -0.15) is 0 Å². The molecule has 1 N–H and O–H groups in total.